The zero-order chi connectivity index (χ0) is 34.9. The first-order valence-corrected chi connectivity index (χ1v) is 17.6. The molecule has 0 fully saturated rings. The molecular formula is C50H35NO. The summed E-state index contributed by atoms with van der Waals surface area (Å²) < 4.78 is 6.37. The second-order valence-corrected chi connectivity index (χ2v) is 13.0. The second-order valence-electron chi connectivity index (χ2n) is 13.0. The molecule has 0 bridgehead atoms. The summed E-state index contributed by atoms with van der Waals surface area (Å²) in [7, 11) is 0. The van der Waals surface area contributed by atoms with Crippen molar-refractivity contribution in [2.24, 2.45) is 0 Å². The number of nitrogens with zero attached hydrogens (tertiary/aromatic N) is 1. The van der Waals surface area contributed by atoms with E-state index in [1.165, 1.54) is 21.9 Å². The lowest BCUT2D eigenvalue weighted by Gasteiger charge is -2.28. The SMILES string of the molecule is C=C/C=c1/cccc/c1=C\c1ccc(N(c2ccc(-c3ccccc3)cc2)c2ccccc2-c2ccc3oc4cc5ccccc5cc4c3c2)cc1. The van der Waals surface area contributed by atoms with Crippen molar-refractivity contribution in [2.75, 3.05) is 4.90 Å². The predicted octanol–water partition coefficient (Wildman–Crippen LogP) is 12.3. The second kappa shape index (κ2) is 13.4. The van der Waals surface area contributed by atoms with E-state index >= 15 is 0 Å². The Labute approximate surface area is 303 Å². The van der Waals surface area contributed by atoms with Crippen molar-refractivity contribution >= 4 is 61.9 Å². The molecule has 8 aromatic carbocycles. The van der Waals surface area contributed by atoms with Gasteiger partial charge in [-0.1, -0.05) is 146 Å². The summed E-state index contributed by atoms with van der Waals surface area (Å²) in [5, 5.41) is 6.92. The standard InChI is InChI=1S/C50H35NO/c1-2-12-36-15-6-7-16-39(36)31-35-21-26-43(27-22-35)51(44-28-23-38(24-29-44)37-13-4-3-5-14-37)48-20-11-10-19-45(48)42-25-30-49-46(33-42)47-32-40-17-8-9-18-41(40)34-50(47)52-49/h2-34H,1H2/b36-12-,39-31+. The summed E-state index contributed by atoms with van der Waals surface area (Å²) in [6, 6.07) is 64.7. The maximum atomic E-state index is 6.37. The number of fused-ring (bicyclic) bond motifs is 4. The molecule has 1 heterocycles. The van der Waals surface area contributed by atoms with Gasteiger partial charge >= 0.3 is 0 Å². The zero-order valence-corrected chi connectivity index (χ0v) is 28.6. The van der Waals surface area contributed by atoms with E-state index in [1.807, 2.05) is 12.2 Å². The number of hydrogen-bond donors (Lipinski definition) is 0. The number of anilines is 3. The number of hydrogen-bond acceptors (Lipinski definition) is 2. The Morgan fingerprint density at radius 1 is 0.462 bits per heavy atom. The number of benzene rings is 8. The highest BCUT2D eigenvalue weighted by molar-refractivity contribution is 6.11. The summed E-state index contributed by atoms with van der Waals surface area (Å²) in [6.07, 6.45) is 6.10. The van der Waals surface area contributed by atoms with Crippen molar-refractivity contribution < 1.29 is 4.42 Å². The first kappa shape index (κ1) is 31.1. The molecule has 2 heteroatoms. The molecule has 246 valence electrons. The molecule has 0 aliphatic heterocycles. The van der Waals surface area contributed by atoms with Crippen molar-refractivity contribution in [2.45, 2.75) is 0 Å². The van der Waals surface area contributed by atoms with Gasteiger partial charge in [-0.15, -0.1) is 0 Å². The van der Waals surface area contributed by atoms with Crippen molar-refractivity contribution in [1.82, 2.24) is 0 Å². The summed E-state index contributed by atoms with van der Waals surface area (Å²) in [5.74, 6) is 0. The number of para-hydroxylation sites is 1. The van der Waals surface area contributed by atoms with Crippen LogP contribution in [-0.2, 0) is 0 Å². The van der Waals surface area contributed by atoms with Gasteiger partial charge in [0, 0.05) is 27.7 Å². The van der Waals surface area contributed by atoms with Crippen LogP contribution < -0.4 is 15.3 Å². The lowest BCUT2D eigenvalue weighted by Crippen LogP contribution is -2.23. The molecule has 0 atom stereocenters. The third-order valence-electron chi connectivity index (χ3n) is 9.79. The molecule has 1 aromatic heterocycles. The average Bonchev–Trinajstić information content (AvgIpc) is 3.56. The van der Waals surface area contributed by atoms with Gasteiger partial charge in [0.25, 0.3) is 0 Å². The minimum atomic E-state index is 0.888. The van der Waals surface area contributed by atoms with Crippen LogP contribution in [0, 0.1) is 0 Å². The molecule has 2 nitrogen and oxygen atoms in total. The largest absolute Gasteiger partial charge is 0.456 e. The van der Waals surface area contributed by atoms with Crippen molar-refractivity contribution in [1.29, 1.82) is 0 Å². The van der Waals surface area contributed by atoms with Crippen LogP contribution in [0.15, 0.2) is 199 Å². The lowest BCUT2D eigenvalue weighted by atomic mass is 9.98. The molecule has 0 saturated carbocycles. The Kier molecular flexibility index (Phi) is 8.03. The number of furan rings is 1. The van der Waals surface area contributed by atoms with E-state index < -0.39 is 0 Å². The lowest BCUT2D eigenvalue weighted by molar-refractivity contribution is 0.669. The monoisotopic (exact) mass is 665 g/mol. The van der Waals surface area contributed by atoms with Gasteiger partial charge in [0.2, 0.25) is 0 Å². The van der Waals surface area contributed by atoms with Gasteiger partial charge in [-0.05, 0) is 104 Å². The van der Waals surface area contributed by atoms with Crippen LogP contribution in [0.1, 0.15) is 5.56 Å². The number of rotatable bonds is 7. The molecule has 9 rings (SSSR count). The van der Waals surface area contributed by atoms with E-state index in [-0.39, 0.29) is 0 Å². The van der Waals surface area contributed by atoms with Crippen molar-refractivity contribution in [3.63, 3.8) is 0 Å². The van der Waals surface area contributed by atoms with Crippen LogP contribution in [0.3, 0.4) is 0 Å². The Balaban J connectivity index is 1.18. The van der Waals surface area contributed by atoms with Gasteiger partial charge in [0.1, 0.15) is 11.2 Å². The quantitative estimate of drug-likeness (QED) is 0.168. The third-order valence-corrected chi connectivity index (χ3v) is 9.79. The first-order valence-electron chi connectivity index (χ1n) is 17.6. The highest BCUT2D eigenvalue weighted by Crippen LogP contribution is 2.43. The van der Waals surface area contributed by atoms with E-state index in [4.69, 9.17) is 4.42 Å². The van der Waals surface area contributed by atoms with Gasteiger partial charge in [-0.2, -0.15) is 0 Å². The number of allylic oxidation sites excluding steroid dienone is 1. The third kappa shape index (κ3) is 5.87. The molecule has 0 saturated heterocycles. The maximum Gasteiger partial charge on any atom is 0.136 e. The Bertz CT molecular complexity index is 2850. The normalized spacial score (nSPS) is 12.2. The molecular weight excluding hydrogens is 631 g/mol. The topological polar surface area (TPSA) is 16.4 Å². The van der Waals surface area contributed by atoms with Crippen LogP contribution >= 0.6 is 0 Å². The zero-order valence-electron chi connectivity index (χ0n) is 28.6. The summed E-state index contributed by atoms with van der Waals surface area (Å²) in [5.41, 5.74) is 10.8. The molecule has 0 N–H and O–H groups in total. The minimum absolute atomic E-state index is 0.888. The van der Waals surface area contributed by atoms with E-state index in [9.17, 15) is 0 Å². The summed E-state index contributed by atoms with van der Waals surface area (Å²) in [4.78, 5) is 2.36. The van der Waals surface area contributed by atoms with Gasteiger partial charge < -0.3 is 9.32 Å². The maximum absolute atomic E-state index is 6.37. The van der Waals surface area contributed by atoms with Crippen molar-refractivity contribution in [3.8, 4) is 22.3 Å². The van der Waals surface area contributed by atoms with E-state index in [2.05, 4.69) is 200 Å². The summed E-state index contributed by atoms with van der Waals surface area (Å²) >= 11 is 0. The predicted molar refractivity (Wildman–Crippen MR) is 221 cm³/mol. The van der Waals surface area contributed by atoms with Crippen LogP contribution in [0.2, 0.25) is 0 Å². The Morgan fingerprint density at radius 2 is 1.06 bits per heavy atom. The summed E-state index contributed by atoms with van der Waals surface area (Å²) in [6.45, 7) is 3.90. The van der Waals surface area contributed by atoms with Gasteiger partial charge in [-0.3, -0.25) is 0 Å². The highest BCUT2D eigenvalue weighted by atomic mass is 16.3. The van der Waals surface area contributed by atoms with Crippen LogP contribution in [0.4, 0.5) is 17.1 Å². The van der Waals surface area contributed by atoms with Gasteiger partial charge in [0.05, 0.1) is 5.69 Å². The van der Waals surface area contributed by atoms with Crippen molar-refractivity contribution in [3.05, 3.63) is 211 Å². The molecule has 9 aromatic rings. The first-order chi connectivity index (χ1) is 25.7. The van der Waals surface area contributed by atoms with Gasteiger partial charge in [-0.25, -0.2) is 0 Å². The molecule has 0 radical (unpaired) electrons. The smallest absolute Gasteiger partial charge is 0.136 e. The average molecular weight is 666 g/mol. The Hall–Kier alpha value is -6.90. The van der Waals surface area contributed by atoms with E-state index in [0.29, 0.717) is 0 Å². The highest BCUT2D eigenvalue weighted by Gasteiger charge is 2.18. The van der Waals surface area contributed by atoms with Crippen LogP contribution in [0.25, 0.3) is 67.1 Å². The molecule has 0 aliphatic carbocycles. The van der Waals surface area contributed by atoms with E-state index in [0.717, 1.165) is 66.1 Å². The van der Waals surface area contributed by atoms with Crippen LogP contribution in [-0.4, -0.2) is 0 Å². The Morgan fingerprint density at radius 3 is 1.83 bits per heavy atom. The van der Waals surface area contributed by atoms with Crippen LogP contribution in [0.5, 0.6) is 0 Å². The van der Waals surface area contributed by atoms with E-state index in [1.54, 1.807) is 0 Å². The molecule has 0 aliphatic rings. The molecule has 52 heavy (non-hydrogen) atoms. The fourth-order valence-electron chi connectivity index (χ4n) is 7.22. The minimum Gasteiger partial charge on any atom is -0.456 e. The molecule has 0 unspecified atom stereocenters. The molecule has 0 spiro atoms. The molecule has 0 amide bonds. The fraction of sp³-hybridized carbons (Fsp3) is 0. The van der Waals surface area contributed by atoms with Gasteiger partial charge in [0.15, 0.2) is 0 Å². The fourth-order valence-corrected chi connectivity index (χ4v) is 7.22.